The first-order chi connectivity index (χ1) is 7.76. The zero-order valence-corrected chi connectivity index (χ0v) is 9.02. The molecule has 0 unspecified atom stereocenters. The van der Waals surface area contributed by atoms with Crippen LogP contribution in [-0.2, 0) is 0 Å². The van der Waals surface area contributed by atoms with Gasteiger partial charge in [0.1, 0.15) is 17.1 Å². The fraction of sp³-hybridized carbons (Fsp3) is 0.200. The zero-order valence-electron chi connectivity index (χ0n) is 9.02. The van der Waals surface area contributed by atoms with Gasteiger partial charge in [0.05, 0.1) is 14.2 Å². The van der Waals surface area contributed by atoms with E-state index in [1.54, 1.807) is 14.2 Å². The molecule has 0 atom stereocenters. The van der Waals surface area contributed by atoms with E-state index in [2.05, 4.69) is 15.2 Å². The Labute approximate surface area is 92.4 Å². The molecule has 84 valence electrons. The summed E-state index contributed by atoms with van der Waals surface area (Å²) in [6.07, 6.45) is 0. The molecule has 3 N–H and O–H groups in total. The molecule has 0 fully saturated rings. The standard InChI is InChI=1S/C10H12N4O2/c1-15-6-4-3-5-7(16-2)8(6)9-12-10(11)14-13-9/h3-5H,1-2H3,(H3,11,12,13,14). The number of benzene rings is 1. The van der Waals surface area contributed by atoms with E-state index in [0.29, 0.717) is 22.9 Å². The van der Waals surface area contributed by atoms with E-state index in [9.17, 15) is 0 Å². The second-order valence-corrected chi connectivity index (χ2v) is 3.08. The Morgan fingerprint density at radius 2 is 1.81 bits per heavy atom. The van der Waals surface area contributed by atoms with Crippen LogP contribution < -0.4 is 15.2 Å². The Kier molecular flexibility index (Phi) is 2.63. The summed E-state index contributed by atoms with van der Waals surface area (Å²) in [4.78, 5) is 4.05. The smallest absolute Gasteiger partial charge is 0.239 e. The summed E-state index contributed by atoms with van der Waals surface area (Å²) < 4.78 is 10.5. The van der Waals surface area contributed by atoms with Gasteiger partial charge < -0.3 is 15.2 Å². The van der Waals surface area contributed by atoms with E-state index < -0.39 is 0 Å². The molecule has 0 radical (unpaired) electrons. The number of hydrogen-bond acceptors (Lipinski definition) is 5. The summed E-state index contributed by atoms with van der Waals surface area (Å²) in [6, 6.07) is 5.47. The average Bonchev–Trinajstić information content (AvgIpc) is 2.74. The fourth-order valence-electron chi connectivity index (χ4n) is 1.47. The van der Waals surface area contributed by atoms with Crippen LogP contribution in [0.2, 0.25) is 0 Å². The van der Waals surface area contributed by atoms with E-state index in [1.165, 1.54) is 0 Å². The van der Waals surface area contributed by atoms with Crippen LogP contribution in [0.4, 0.5) is 5.95 Å². The summed E-state index contributed by atoms with van der Waals surface area (Å²) >= 11 is 0. The molecule has 16 heavy (non-hydrogen) atoms. The van der Waals surface area contributed by atoms with Gasteiger partial charge in [-0.3, -0.25) is 5.10 Å². The van der Waals surface area contributed by atoms with E-state index >= 15 is 0 Å². The number of aromatic amines is 1. The SMILES string of the molecule is COc1cccc(OC)c1-c1nc(N)n[nH]1. The molecule has 1 aromatic carbocycles. The minimum absolute atomic E-state index is 0.183. The van der Waals surface area contributed by atoms with Crippen molar-refractivity contribution in [2.24, 2.45) is 0 Å². The number of H-pyrrole nitrogens is 1. The number of rotatable bonds is 3. The molecular weight excluding hydrogens is 208 g/mol. The fourth-order valence-corrected chi connectivity index (χ4v) is 1.47. The second kappa shape index (κ2) is 4.09. The number of nitrogens with one attached hydrogen (secondary N) is 1. The molecule has 2 rings (SSSR count). The van der Waals surface area contributed by atoms with Crippen LogP contribution in [-0.4, -0.2) is 29.4 Å². The maximum Gasteiger partial charge on any atom is 0.239 e. The van der Waals surface area contributed by atoms with Crippen LogP contribution in [0.3, 0.4) is 0 Å². The van der Waals surface area contributed by atoms with Gasteiger partial charge in [-0.05, 0) is 12.1 Å². The van der Waals surface area contributed by atoms with E-state index in [-0.39, 0.29) is 5.95 Å². The summed E-state index contributed by atoms with van der Waals surface area (Å²) in [5.74, 6) is 2.00. The number of hydrogen-bond donors (Lipinski definition) is 2. The molecule has 6 nitrogen and oxygen atoms in total. The van der Waals surface area contributed by atoms with Crippen LogP contribution in [0.5, 0.6) is 11.5 Å². The van der Waals surface area contributed by atoms with Gasteiger partial charge in [0.25, 0.3) is 0 Å². The lowest BCUT2D eigenvalue weighted by Gasteiger charge is -2.10. The van der Waals surface area contributed by atoms with E-state index in [0.717, 1.165) is 0 Å². The Balaban J connectivity index is 2.60. The second-order valence-electron chi connectivity index (χ2n) is 3.08. The van der Waals surface area contributed by atoms with Crippen molar-refractivity contribution in [2.75, 3.05) is 20.0 Å². The van der Waals surface area contributed by atoms with Crippen molar-refractivity contribution in [2.45, 2.75) is 0 Å². The lowest BCUT2D eigenvalue weighted by atomic mass is 10.1. The van der Waals surface area contributed by atoms with Gasteiger partial charge in [0.2, 0.25) is 5.95 Å². The summed E-state index contributed by atoms with van der Waals surface area (Å²) in [5, 5.41) is 6.50. The van der Waals surface area contributed by atoms with Crippen LogP contribution in [0.25, 0.3) is 11.4 Å². The maximum atomic E-state index is 5.46. The van der Waals surface area contributed by atoms with Crippen LogP contribution in [0.15, 0.2) is 18.2 Å². The minimum atomic E-state index is 0.183. The lowest BCUT2D eigenvalue weighted by Crippen LogP contribution is -1.94. The highest BCUT2D eigenvalue weighted by Gasteiger charge is 2.15. The number of methoxy groups -OCH3 is 2. The van der Waals surface area contributed by atoms with Gasteiger partial charge in [-0.25, -0.2) is 0 Å². The third kappa shape index (κ3) is 1.65. The van der Waals surface area contributed by atoms with Crippen molar-refractivity contribution in [1.82, 2.24) is 15.2 Å². The highest BCUT2D eigenvalue weighted by atomic mass is 16.5. The number of aromatic nitrogens is 3. The molecule has 0 saturated carbocycles. The number of nitrogen functional groups attached to an aromatic ring is 1. The van der Waals surface area contributed by atoms with Gasteiger partial charge in [-0.1, -0.05) is 6.07 Å². The Hall–Kier alpha value is -2.24. The molecular formula is C10H12N4O2. The molecule has 0 bridgehead atoms. The minimum Gasteiger partial charge on any atom is -0.496 e. The monoisotopic (exact) mass is 220 g/mol. The molecule has 1 aromatic heterocycles. The first-order valence-electron chi connectivity index (χ1n) is 4.65. The predicted octanol–water partition coefficient (Wildman–Crippen LogP) is 1.07. The first kappa shape index (κ1) is 10.3. The summed E-state index contributed by atoms with van der Waals surface area (Å²) in [5.41, 5.74) is 6.17. The quantitative estimate of drug-likeness (QED) is 0.808. The van der Waals surface area contributed by atoms with Crippen molar-refractivity contribution >= 4 is 5.95 Å². The third-order valence-corrected chi connectivity index (χ3v) is 2.17. The van der Waals surface area contributed by atoms with Gasteiger partial charge >= 0.3 is 0 Å². The number of ether oxygens (including phenoxy) is 2. The lowest BCUT2D eigenvalue weighted by molar-refractivity contribution is 0.397. The highest BCUT2D eigenvalue weighted by Crippen LogP contribution is 2.36. The normalized spacial score (nSPS) is 10.1. The molecule has 0 aliphatic rings. The highest BCUT2D eigenvalue weighted by molar-refractivity contribution is 5.72. The van der Waals surface area contributed by atoms with Crippen LogP contribution >= 0.6 is 0 Å². The van der Waals surface area contributed by atoms with E-state index in [4.69, 9.17) is 15.2 Å². The maximum absolute atomic E-state index is 5.46. The molecule has 6 heteroatoms. The summed E-state index contributed by atoms with van der Waals surface area (Å²) in [7, 11) is 3.16. The van der Waals surface area contributed by atoms with Gasteiger partial charge in [0.15, 0.2) is 5.82 Å². The molecule has 0 aliphatic carbocycles. The molecule has 0 saturated heterocycles. The van der Waals surface area contributed by atoms with Crippen molar-refractivity contribution in [3.05, 3.63) is 18.2 Å². The molecule has 2 aromatic rings. The van der Waals surface area contributed by atoms with Gasteiger partial charge in [0, 0.05) is 0 Å². The van der Waals surface area contributed by atoms with Crippen molar-refractivity contribution in [3.8, 4) is 22.9 Å². The third-order valence-electron chi connectivity index (χ3n) is 2.17. The summed E-state index contributed by atoms with van der Waals surface area (Å²) in [6.45, 7) is 0. The topological polar surface area (TPSA) is 86.1 Å². The largest absolute Gasteiger partial charge is 0.496 e. The predicted molar refractivity (Wildman–Crippen MR) is 59.3 cm³/mol. The first-order valence-corrected chi connectivity index (χ1v) is 4.65. The number of nitrogens with zero attached hydrogens (tertiary/aromatic N) is 2. The number of nitrogens with two attached hydrogens (primary N) is 1. The Bertz CT molecular complexity index is 473. The molecule has 0 amide bonds. The molecule has 1 heterocycles. The average molecular weight is 220 g/mol. The Morgan fingerprint density at radius 3 is 2.25 bits per heavy atom. The Morgan fingerprint density at radius 1 is 1.19 bits per heavy atom. The number of anilines is 1. The van der Waals surface area contributed by atoms with Crippen molar-refractivity contribution < 1.29 is 9.47 Å². The van der Waals surface area contributed by atoms with Crippen LogP contribution in [0, 0.1) is 0 Å². The zero-order chi connectivity index (χ0) is 11.5. The van der Waals surface area contributed by atoms with Gasteiger partial charge in [-0.15, -0.1) is 5.10 Å². The van der Waals surface area contributed by atoms with Crippen molar-refractivity contribution in [1.29, 1.82) is 0 Å². The van der Waals surface area contributed by atoms with E-state index in [1.807, 2.05) is 18.2 Å². The van der Waals surface area contributed by atoms with Crippen molar-refractivity contribution in [3.63, 3.8) is 0 Å². The van der Waals surface area contributed by atoms with Crippen LogP contribution in [0.1, 0.15) is 0 Å². The molecule has 0 spiro atoms. The van der Waals surface area contributed by atoms with Gasteiger partial charge in [-0.2, -0.15) is 4.98 Å². The molecule has 0 aliphatic heterocycles.